The first kappa shape index (κ1) is 15.7. The van der Waals surface area contributed by atoms with Crippen molar-refractivity contribution in [1.29, 1.82) is 0 Å². The summed E-state index contributed by atoms with van der Waals surface area (Å²) in [5, 5.41) is 9.07. The molecule has 0 saturated heterocycles. The summed E-state index contributed by atoms with van der Waals surface area (Å²) in [4.78, 5) is 11.9. The molecule has 0 aliphatic rings. The molecule has 0 bridgehead atoms. The average Bonchev–Trinajstić information content (AvgIpc) is 2.75. The topological polar surface area (TPSA) is 94.0 Å². The molecular weight excluding hydrogens is 346 g/mol. The number of hydrogen-bond donors (Lipinski definition) is 1. The summed E-state index contributed by atoms with van der Waals surface area (Å²) >= 11 is 11.5. The summed E-state index contributed by atoms with van der Waals surface area (Å²) in [5.41, 5.74) is -0.606. The quantitative estimate of drug-likeness (QED) is 0.908. The van der Waals surface area contributed by atoms with Gasteiger partial charge in [0.2, 0.25) is 5.69 Å². The molecule has 0 aliphatic heterocycles. The molecule has 2 rings (SSSR count). The van der Waals surface area contributed by atoms with E-state index in [9.17, 15) is 17.6 Å². The van der Waals surface area contributed by atoms with Gasteiger partial charge in [-0.2, -0.15) is 4.39 Å². The van der Waals surface area contributed by atoms with Crippen LogP contribution in [0.15, 0.2) is 18.2 Å². The molecule has 0 spiro atoms. The number of carbonyl (C=O) groups excluding carboxylic acids is 1. The maximum atomic E-state index is 13.5. The molecule has 0 fully saturated rings. The monoisotopic (exact) mass is 352 g/mol. The molecule has 7 nitrogen and oxygen atoms in total. The van der Waals surface area contributed by atoms with Gasteiger partial charge in [-0.05, 0) is 18.2 Å². The van der Waals surface area contributed by atoms with E-state index in [0.29, 0.717) is 5.02 Å². The fourth-order valence-electron chi connectivity index (χ4n) is 1.33. The van der Waals surface area contributed by atoms with E-state index in [0.717, 1.165) is 6.26 Å². The van der Waals surface area contributed by atoms with E-state index in [2.05, 4.69) is 15.5 Å². The Labute approximate surface area is 128 Å². The highest BCUT2D eigenvalue weighted by molar-refractivity contribution is 7.88. The lowest BCUT2D eigenvalue weighted by molar-refractivity contribution is 0.101. The minimum Gasteiger partial charge on any atom is -0.319 e. The van der Waals surface area contributed by atoms with Crippen LogP contribution in [0.1, 0.15) is 10.5 Å². The number of anilines is 1. The fourth-order valence-corrected chi connectivity index (χ4v) is 2.24. The van der Waals surface area contributed by atoms with Crippen molar-refractivity contribution in [3.05, 3.63) is 39.9 Å². The normalized spacial score (nSPS) is 11.4. The molecule has 21 heavy (non-hydrogen) atoms. The van der Waals surface area contributed by atoms with Crippen molar-refractivity contribution in [2.45, 2.75) is 0 Å². The molecule has 2 aromatic rings. The Morgan fingerprint density at radius 1 is 1.33 bits per heavy atom. The lowest BCUT2D eigenvalue weighted by Crippen LogP contribution is -2.17. The molecule has 0 saturated carbocycles. The second-order valence-corrected chi connectivity index (χ2v) is 6.54. The van der Waals surface area contributed by atoms with Gasteiger partial charge < -0.3 is 5.32 Å². The second-order valence-electron chi connectivity index (χ2n) is 3.90. The van der Waals surface area contributed by atoms with Gasteiger partial charge in [-0.1, -0.05) is 27.4 Å². The Balaban J connectivity index is 2.31. The SMILES string of the molecule is CS(=O)(=O)n1nc(F)c(C(=O)Nc2ccc(Cl)cc2Cl)n1. The van der Waals surface area contributed by atoms with Gasteiger partial charge in [-0.25, -0.2) is 8.42 Å². The molecule has 1 heterocycles. The van der Waals surface area contributed by atoms with Crippen molar-refractivity contribution in [2.75, 3.05) is 11.6 Å². The zero-order valence-electron chi connectivity index (χ0n) is 10.3. The number of aromatic nitrogens is 3. The Bertz CT molecular complexity index is 822. The number of hydrogen-bond acceptors (Lipinski definition) is 5. The molecule has 1 amide bonds. The smallest absolute Gasteiger partial charge is 0.281 e. The van der Waals surface area contributed by atoms with Crippen LogP contribution in [0.3, 0.4) is 0 Å². The van der Waals surface area contributed by atoms with Gasteiger partial charge in [-0.3, -0.25) is 4.79 Å². The van der Waals surface area contributed by atoms with Crippen LogP contribution in [-0.2, 0) is 10.0 Å². The first-order chi connectivity index (χ1) is 9.68. The Morgan fingerprint density at radius 2 is 2.00 bits per heavy atom. The predicted octanol–water partition coefficient (Wildman–Crippen LogP) is 1.78. The van der Waals surface area contributed by atoms with Crippen molar-refractivity contribution in [2.24, 2.45) is 0 Å². The zero-order chi connectivity index (χ0) is 15.8. The Kier molecular flexibility index (Phi) is 4.17. The summed E-state index contributed by atoms with van der Waals surface area (Å²) in [7, 11) is -3.89. The molecule has 0 unspecified atom stereocenters. The van der Waals surface area contributed by atoms with E-state index < -0.39 is 27.6 Å². The maximum absolute atomic E-state index is 13.5. The summed E-state index contributed by atoms with van der Waals surface area (Å²) in [6.07, 6.45) is 0.768. The molecule has 1 aromatic carbocycles. The number of nitrogens with zero attached hydrogens (tertiary/aromatic N) is 3. The highest BCUT2D eigenvalue weighted by atomic mass is 35.5. The molecule has 11 heteroatoms. The van der Waals surface area contributed by atoms with Crippen molar-refractivity contribution in [3.63, 3.8) is 0 Å². The highest BCUT2D eigenvalue weighted by Gasteiger charge is 2.22. The van der Waals surface area contributed by atoms with Crippen LogP contribution in [0.25, 0.3) is 0 Å². The number of halogens is 3. The van der Waals surface area contributed by atoms with Gasteiger partial charge in [-0.15, -0.1) is 10.2 Å². The van der Waals surface area contributed by atoms with Gasteiger partial charge in [0.05, 0.1) is 17.0 Å². The molecule has 0 aliphatic carbocycles. The van der Waals surface area contributed by atoms with Crippen molar-refractivity contribution < 1.29 is 17.6 Å². The van der Waals surface area contributed by atoms with E-state index in [1.807, 2.05) is 0 Å². The van der Waals surface area contributed by atoms with E-state index >= 15 is 0 Å². The minimum absolute atomic E-state index is 0.126. The Hall–Kier alpha value is -1.71. The van der Waals surface area contributed by atoms with Crippen LogP contribution in [0.2, 0.25) is 10.0 Å². The fraction of sp³-hybridized carbons (Fsp3) is 0.100. The van der Waals surface area contributed by atoms with E-state index in [1.54, 1.807) is 0 Å². The standard InChI is InChI=1S/C10H7Cl2FN4O3S/c1-21(19,20)17-15-8(9(13)16-17)10(18)14-7-3-2-5(11)4-6(7)12/h2-4H,1H3,(H,14,18). The number of carbonyl (C=O) groups is 1. The molecule has 1 N–H and O–H groups in total. The number of rotatable bonds is 3. The first-order valence-corrected chi connectivity index (χ1v) is 7.88. The van der Waals surface area contributed by atoms with Crippen LogP contribution in [-0.4, -0.2) is 35.0 Å². The van der Waals surface area contributed by atoms with Gasteiger partial charge in [0.1, 0.15) is 0 Å². The average molecular weight is 353 g/mol. The van der Waals surface area contributed by atoms with Crippen LogP contribution in [0, 0.1) is 5.95 Å². The Morgan fingerprint density at radius 3 is 2.52 bits per heavy atom. The minimum atomic E-state index is -3.89. The molecular formula is C10H7Cl2FN4O3S. The maximum Gasteiger partial charge on any atom is 0.281 e. The van der Waals surface area contributed by atoms with Crippen molar-refractivity contribution in [3.8, 4) is 0 Å². The van der Waals surface area contributed by atoms with Crippen LogP contribution in [0.5, 0.6) is 0 Å². The number of nitrogens with one attached hydrogen (secondary N) is 1. The zero-order valence-corrected chi connectivity index (χ0v) is 12.7. The second kappa shape index (κ2) is 5.58. The number of benzene rings is 1. The largest absolute Gasteiger partial charge is 0.319 e. The predicted molar refractivity (Wildman–Crippen MR) is 74.6 cm³/mol. The molecule has 1 aromatic heterocycles. The third-order valence-corrected chi connectivity index (χ3v) is 3.55. The third kappa shape index (κ3) is 3.49. The van der Waals surface area contributed by atoms with Gasteiger partial charge in [0.25, 0.3) is 21.9 Å². The van der Waals surface area contributed by atoms with Crippen molar-refractivity contribution >= 4 is 44.8 Å². The summed E-state index contributed by atoms with van der Waals surface area (Å²) in [5.74, 6) is -2.31. The van der Waals surface area contributed by atoms with Crippen molar-refractivity contribution in [1.82, 2.24) is 14.4 Å². The molecule has 112 valence electrons. The van der Waals surface area contributed by atoms with Crippen LogP contribution < -0.4 is 5.32 Å². The molecule has 0 radical (unpaired) electrons. The van der Waals surface area contributed by atoms with Crippen LogP contribution in [0.4, 0.5) is 10.1 Å². The van der Waals surface area contributed by atoms with Gasteiger partial charge >= 0.3 is 0 Å². The van der Waals surface area contributed by atoms with E-state index in [4.69, 9.17) is 23.2 Å². The third-order valence-electron chi connectivity index (χ3n) is 2.25. The lowest BCUT2D eigenvalue weighted by atomic mass is 10.3. The van der Waals surface area contributed by atoms with Gasteiger partial charge in [0, 0.05) is 5.02 Å². The first-order valence-electron chi connectivity index (χ1n) is 5.28. The van der Waals surface area contributed by atoms with Crippen LogP contribution >= 0.6 is 23.2 Å². The lowest BCUT2D eigenvalue weighted by Gasteiger charge is -2.05. The van der Waals surface area contributed by atoms with Gasteiger partial charge in [0.15, 0.2) is 0 Å². The van der Waals surface area contributed by atoms with E-state index in [-0.39, 0.29) is 14.9 Å². The summed E-state index contributed by atoms with van der Waals surface area (Å²) in [6, 6.07) is 4.25. The highest BCUT2D eigenvalue weighted by Crippen LogP contribution is 2.25. The summed E-state index contributed by atoms with van der Waals surface area (Å²) in [6.45, 7) is 0. The molecule has 0 atom stereocenters. The number of amides is 1. The summed E-state index contributed by atoms with van der Waals surface area (Å²) < 4.78 is 36.0. The van der Waals surface area contributed by atoms with E-state index in [1.165, 1.54) is 18.2 Å².